The molecule has 0 saturated carbocycles. The van der Waals surface area contributed by atoms with Crippen LogP contribution in [0.3, 0.4) is 0 Å². The number of aromatic nitrogens is 4. The largest absolute Gasteiger partial charge is 0.452 e. The van der Waals surface area contributed by atoms with Crippen molar-refractivity contribution in [1.82, 2.24) is 19.1 Å². The number of benzene rings is 6. The van der Waals surface area contributed by atoms with Gasteiger partial charge in [-0.2, -0.15) is 0 Å². The number of furan rings is 1. The van der Waals surface area contributed by atoms with Crippen LogP contribution in [0.4, 0.5) is 0 Å². The van der Waals surface area contributed by atoms with Crippen molar-refractivity contribution >= 4 is 54.8 Å². The predicted octanol–water partition coefficient (Wildman–Crippen LogP) is 10.1. The van der Waals surface area contributed by atoms with E-state index in [0.29, 0.717) is 33.5 Å². The van der Waals surface area contributed by atoms with Crippen molar-refractivity contribution in [2.24, 2.45) is 0 Å². The molecular weight excluding hydrogens is 604 g/mol. The summed E-state index contributed by atoms with van der Waals surface area (Å²) in [6.45, 7) is 0. The normalized spacial score (nSPS) is 11.8. The van der Waals surface area contributed by atoms with Crippen LogP contribution >= 0.6 is 0 Å². The van der Waals surface area contributed by atoms with Crippen LogP contribution in [0.5, 0.6) is 0 Å². The molecule has 0 atom stereocenters. The highest BCUT2D eigenvalue weighted by molar-refractivity contribution is 6.20. The number of hydrogen-bond acceptors (Lipinski definition) is 4. The van der Waals surface area contributed by atoms with Crippen LogP contribution in [-0.2, 0) is 0 Å². The highest BCUT2D eigenvalue weighted by Gasteiger charge is 2.26. The zero-order valence-corrected chi connectivity index (χ0v) is 26.1. The summed E-state index contributed by atoms with van der Waals surface area (Å²) < 4.78 is 10.5. The van der Waals surface area contributed by atoms with Crippen LogP contribution in [0.15, 0.2) is 167 Å². The van der Waals surface area contributed by atoms with Crippen molar-refractivity contribution in [2.45, 2.75) is 0 Å². The van der Waals surface area contributed by atoms with Gasteiger partial charge in [0.2, 0.25) is 5.95 Å². The molecule has 6 aromatic carbocycles. The number of hydrogen-bond donors (Lipinski definition) is 0. The van der Waals surface area contributed by atoms with Gasteiger partial charge in [0.15, 0.2) is 5.58 Å². The molecular formula is C43H26N4O2. The molecule has 4 aromatic heterocycles. The fraction of sp³-hybridized carbons (Fsp3) is 0. The Kier molecular flexibility index (Phi) is 5.92. The molecule has 0 aliphatic rings. The summed E-state index contributed by atoms with van der Waals surface area (Å²) in [5, 5.41) is 3.16. The minimum absolute atomic E-state index is 0.132. The fourth-order valence-electron chi connectivity index (χ4n) is 7.17. The van der Waals surface area contributed by atoms with Gasteiger partial charge in [-0.25, -0.2) is 9.97 Å². The molecule has 49 heavy (non-hydrogen) atoms. The van der Waals surface area contributed by atoms with E-state index in [1.807, 2.05) is 120 Å². The van der Waals surface area contributed by atoms with E-state index in [-0.39, 0.29) is 5.56 Å². The highest BCUT2D eigenvalue weighted by Crippen LogP contribution is 2.39. The van der Waals surface area contributed by atoms with Crippen LogP contribution in [0.2, 0.25) is 0 Å². The number of pyridine rings is 1. The highest BCUT2D eigenvalue weighted by atomic mass is 16.3. The Bertz CT molecular complexity index is 2940. The van der Waals surface area contributed by atoms with Gasteiger partial charge in [0.1, 0.15) is 16.6 Å². The zero-order chi connectivity index (χ0) is 32.5. The maximum atomic E-state index is 14.9. The van der Waals surface area contributed by atoms with Crippen molar-refractivity contribution < 1.29 is 4.42 Å². The number of fused-ring (bicyclic) bond motifs is 8. The van der Waals surface area contributed by atoms with E-state index in [2.05, 4.69) is 42.5 Å². The second kappa shape index (κ2) is 10.6. The molecule has 10 aromatic rings. The minimum Gasteiger partial charge on any atom is -0.452 e. The molecule has 0 aliphatic heterocycles. The van der Waals surface area contributed by atoms with Gasteiger partial charge in [0, 0.05) is 27.4 Å². The monoisotopic (exact) mass is 630 g/mol. The van der Waals surface area contributed by atoms with Gasteiger partial charge in [-0.05, 0) is 47.5 Å². The molecule has 0 N–H and O–H groups in total. The topological polar surface area (TPSA) is 65.8 Å². The third kappa shape index (κ3) is 4.11. The lowest BCUT2D eigenvalue weighted by Crippen LogP contribution is -2.19. The molecule has 230 valence electrons. The van der Waals surface area contributed by atoms with Crippen molar-refractivity contribution in [3.8, 4) is 34.0 Å². The Labute approximate surface area is 279 Å². The molecule has 0 radical (unpaired) electrons. The molecule has 4 heterocycles. The predicted molar refractivity (Wildman–Crippen MR) is 198 cm³/mol. The summed E-state index contributed by atoms with van der Waals surface area (Å²) in [7, 11) is 0. The van der Waals surface area contributed by atoms with E-state index in [1.165, 1.54) is 0 Å². The van der Waals surface area contributed by atoms with Gasteiger partial charge in [-0.15, -0.1) is 0 Å². The third-order valence-electron chi connectivity index (χ3n) is 9.37. The minimum atomic E-state index is -0.132. The zero-order valence-electron chi connectivity index (χ0n) is 26.1. The smallest absolute Gasteiger partial charge is 0.265 e. The lowest BCUT2D eigenvalue weighted by atomic mass is 10.0. The van der Waals surface area contributed by atoms with Gasteiger partial charge in [0.05, 0.1) is 22.1 Å². The molecule has 6 nitrogen and oxygen atoms in total. The molecule has 0 bridgehead atoms. The third-order valence-corrected chi connectivity index (χ3v) is 9.37. The summed E-state index contributed by atoms with van der Waals surface area (Å²) >= 11 is 0. The molecule has 10 rings (SSSR count). The maximum absolute atomic E-state index is 14.9. The summed E-state index contributed by atoms with van der Waals surface area (Å²) in [6, 6.07) is 52.5. The van der Waals surface area contributed by atoms with E-state index >= 15 is 0 Å². The maximum Gasteiger partial charge on any atom is 0.265 e. The summed E-state index contributed by atoms with van der Waals surface area (Å²) in [4.78, 5) is 25.3. The molecule has 0 amide bonds. The second-order valence-corrected chi connectivity index (χ2v) is 12.2. The average molecular weight is 631 g/mol. The van der Waals surface area contributed by atoms with E-state index in [4.69, 9.17) is 14.4 Å². The molecule has 0 aliphatic carbocycles. The summed E-state index contributed by atoms with van der Waals surface area (Å²) in [5.74, 6) is 0.464. The first-order chi connectivity index (χ1) is 24.2. The fourth-order valence-corrected chi connectivity index (χ4v) is 7.17. The first kappa shape index (κ1) is 27.3. The Hall–Kier alpha value is -6.79. The van der Waals surface area contributed by atoms with Gasteiger partial charge in [-0.1, -0.05) is 121 Å². The van der Waals surface area contributed by atoms with Crippen molar-refractivity contribution in [1.29, 1.82) is 0 Å². The van der Waals surface area contributed by atoms with Gasteiger partial charge >= 0.3 is 0 Å². The first-order valence-corrected chi connectivity index (χ1v) is 16.2. The van der Waals surface area contributed by atoms with Crippen LogP contribution in [0.1, 0.15) is 0 Å². The quantitative estimate of drug-likeness (QED) is 0.194. The Morgan fingerprint density at radius 3 is 1.90 bits per heavy atom. The van der Waals surface area contributed by atoms with Gasteiger partial charge in [0.25, 0.3) is 5.56 Å². The van der Waals surface area contributed by atoms with E-state index in [9.17, 15) is 4.79 Å². The lowest BCUT2D eigenvalue weighted by Gasteiger charge is -2.13. The van der Waals surface area contributed by atoms with E-state index < -0.39 is 0 Å². The summed E-state index contributed by atoms with van der Waals surface area (Å²) in [5.41, 5.74) is 8.98. The van der Waals surface area contributed by atoms with Crippen molar-refractivity contribution in [3.05, 3.63) is 168 Å². The molecule has 6 heteroatoms. The first-order valence-electron chi connectivity index (χ1n) is 16.2. The van der Waals surface area contributed by atoms with Crippen LogP contribution in [0.25, 0.3) is 88.8 Å². The van der Waals surface area contributed by atoms with E-state index in [1.54, 1.807) is 4.57 Å². The van der Waals surface area contributed by atoms with Crippen molar-refractivity contribution in [2.75, 3.05) is 0 Å². The van der Waals surface area contributed by atoms with Crippen LogP contribution < -0.4 is 5.56 Å². The summed E-state index contributed by atoms with van der Waals surface area (Å²) in [6.07, 6.45) is 0. The molecule has 0 saturated heterocycles. The molecule has 0 fully saturated rings. The Morgan fingerprint density at radius 2 is 1.10 bits per heavy atom. The average Bonchev–Trinajstić information content (AvgIpc) is 3.72. The van der Waals surface area contributed by atoms with Crippen LogP contribution in [-0.4, -0.2) is 19.1 Å². The molecule has 0 unspecified atom stereocenters. The van der Waals surface area contributed by atoms with Crippen molar-refractivity contribution in [3.63, 3.8) is 0 Å². The molecule has 0 spiro atoms. The van der Waals surface area contributed by atoms with Crippen LogP contribution in [0, 0.1) is 0 Å². The Balaban J connectivity index is 1.32. The Morgan fingerprint density at radius 1 is 0.490 bits per heavy atom. The van der Waals surface area contributed by atoms with Gasteiger partial charge < -0.3 is 4.42 Å². The number of para-hydroxylation sites is 4. The number of nitrogens with zero attached hydrogens (tertiary/aromatic N) is 4. The van der Waals surface area contributed by atoms with Gasteiger partial charge in [-0.3, -0.25) is 13.9 Å². The number of rotatable bonds is 4. The SMILES string of the molecule is O=c1c2c3ccccc3n(-c3nc(-c4ccc(-c5ccccc5)cc4)c4ccccc4n3)c2c2oc3ccccc3c2n1-c1ccccc1. The lowest BCUT2D eigenvalue weighted by molar-refractivity contribution is 0.669. The van der Waals surface area contributed by atoms with E-state index in [0.717, 1.165) is 55.3 Å². The second-order valence-electron chi connectivity index (χ2n) is 12.2. The standard InChI is InChI=1S/C43H26N4O2/c48-42-37-32-18-8-11-21-35(32)47(40(37)41-39(33-19-9-12-22-36(33)49-41)46(42)30-15-5-2-6-16-30)43-44-34-20-10-7-17-31(34)38(45-43)29-25-23-28(24-26-29)27-13-3-1-4-14-27/h1-26H.